The van der Waals surface area contributed by atoms with E-state index in [1.54, 1.807) is 25.3 Å². The van der Waals surface area contributed by atoms with Gasteiger partial charge in [0.2, 0.25) is 0 Å². The third-order valence-electron chi connectivity index (χ3n) is 3.89. The maximum atomic E-state index is 10.4. The smallest absolute Gasteiger partial charge is 0.191 e. The highest BCUT2D eigenvalue weighted by molar-refractivity contribution is 14.0. The number of aliphatic imine (C=N–C) groups is 1. The summed E-state index contributed by atoms with van der Waals surface area (Å²) in [5.41, 5.74) is 0.625. The molecule has 0 saturated heterocycles. The normalized spacial score (nSPS) is 12.4. The lowest BCUT2D eigenvalue weighted by Crippen LogP contribution is -2.41. The van der Waals surface area contributed by atoms with Gasteiger partial charge in [-0.3, -0.25) is 0 Å². The first-order valence-electron chi connectivity index (χ1n) is 8.40. The minimum absolute atomic E-state index is 0. The van der Waals surface area contributed by atoms with E-state index in [-0.39, 0.29) is 30.5 Å². The zero-order valence-electron chi connectivity index (χ0n) is 15.9. The molecule has 0 radical (unpaired) electrons. The fraction of sp³-hybridized carbons (Fsp3) is 0.471. The molecule has 0 saturated carbocycles. The molecule has 1 aromatic carbocycles. The van der Waals surface area contributed by atoms with Gasteiger partial charge in [-0.2, -0.15) is 0 Å². The third-order valence-corrected chi connectivity index (χ3v) is 4.33. The van der Waals surface area contributed by atoms with Crippen molar-refractivity contribution in [2.24, 2.45) is 12.0 Å². The van der Waals surface area contributed by atoms with Crippen LogP contribution in [-0.2, 0) is 18.3 Å². The quantitative estimate of drug-likeness (QED) is 0.205. The van der Waals surface area contributed by atoms with Gasteiger partial charge in [-0.25, -0.2) is 4.99 Å². The zero-order chi connectivity index (χ0) is 19.8. The molecule has 2 rings (SSSR count). The topological polar surface area (TPSA) is 96.6 Å². The van der Waals surface area contributed by atoms with Gasteiger partial charge in [0.25, 0.3) is 0 Å². The van der Waals surface area contributed by atoms with Gasteiger partial charge in [-0.15, -0.1) is 34.2 Å². The van der Waals surface area contributed by atoms with Gasteiger partial charge in [0.15, 0.2) is 11.8 Å². The molecule has 1 atom stereocenters. The molecular weight excluding hydrogens is 518 g/mol. The number of guanidine groups is 1. The van der Waals surface area contributed by atoms with Crippen LogP contribution in [0.1, 0.15) is 23.3 Å². The van der Waals surface area contributed by atoms with Crippen molar-refractivity contribution in [2.45, 2.75) is 19.6 Å². The molecule has 0 fully saturated rings. The number of benzene rings is 1. The number of rotatable bonds is 8. The number of aryl methyl sites for hydroxylation is 1. The van der Waals surface area contributed by atoms with Crippen LogP contribution >= 0.6 is 47.2 Å². The maximum Gasteiger partial charge on any atom is 0.191 e. The van der Waals surface area contributed by atoms with Gasteiger partial charge in [-0.1, -0.05) is 23.2 Å². The monoisotopic (exact) mass is 542 g/mol. The number of halogens is 3. The van der Waals surface area contributed by atoms with Crippen molar-refractivity contribution in [2.75, 3.05) is 26.8 Å². The van der Waals surface area contributed by atoms with Crippen LogP contribution in [0.5, 0.6) is 0 Å². The molecule has 0 spiro atoms. The fourth-order valence-corrected chi connectivity index (χ4v) is 2.81. The van der Waals surface area contributed by atoms with Gasteiger partial charge < -0.3 is 25.0 Å². The van der Waals surface area contributed by atoms with E-state index in [0.717, 1.165) is 11.6 Å². The molecule has 0 amide bonds. The fourth-order valence-electron chi connectivity index (χ4n) is 2.26. The first-order valence-corrected chi connectivity index (χ1v) is 9.16. The van der Waals surface area contributed by atoms with Crippen molar-refractivity contribution in [3.63, 3.8) is 0 Å². The second-order valence-corrected chi connectivity index (χ2v) is 6.78. The van der Waals surface area contributed by atoms with E-state index in [1.807, 2.05) is 18.5 Å². The van der Waals surface area contributed by atoms with E-state index in [4.69, 9.17) is 27.9 Å². The van der Waals surface area contributed by atoms with Gasteiger partial charge in [0.1, 0.15) is 12.4 Å². The van der Waals surface area contributed by atoms with Crippen molar-refractivity contribution in [3.05, 3.63) is 45.5 Å². The number of methoxy groups -OCH3 is 1. The molecule has 3 N–H and O–H groups in total. The van der Waals surface area contributed by atoms with Gasteiger partial charge >= 0.3 is 0 Å². The molecular formula is C17H25Cl2IN6O2. The molecule has 156 valence electrons. The van der Waals surface area contributed by atoms with Crippen LogP contribution in [0.3, 0.4) is 0 Å². The van der Waals surface area contributed by atoms with Crippen LogP contribution in [0.15, 0.2) is 23.2 Å². The van der Waals surface area contributed by atoms with Crippen LogP contribution in [0.2, 0.25) is 10.0 Å². The summed E-state index contributed by atoms with van der Waals surface area (Å²) in [7, 11) is 3.51. The molecule has 11 heteroatoms. The summed E-state index contributed by atoms with van der Waals surface area (Å²) < 4.78 is 6.92. The summed E-state index contributed by atoms with van der Waals surface area (Å²) in [6.45, 7) is 3.55. The minimum Gasteiger partial charge on any atom is -0.387 e. The summed E-state index contributed by atoms with van der Waals surface area (Å²) in [6, 6.07) is 4.98. The minimum atomic E-state index is -0.798. The van der Waals surface area contributed by atoms with Crippen molar-refractivity contribution in [1.82, 2.24) is 25.4 Å². The molecule has 1 aromatic heterocycles. The Morgan fingerprint density at radius 3 is 2.50 bits per heavy atom. The largest absolute Gasteiger partial charge is 0.387 e. The predicted octanol–water partition coefficient (Wildman–Crippen LogP) is 2.46. The van der Waals surface area contributed by atoms with E-state index in [9.17, 15) is 5.11 Å². The zero-order valence-corrected chi connectivity index (χ0v) is 19.8. The van der Waals surface area contributed by atoms with Crippen LogP contribution in [-0.4, -0.2) is 52.6 Å². The number of aliphatic hydroxyl groups excluding tert-OH is 1. The number of hydrogen-bond donors (Lipinski definition) is 3. The highest BCUT2D eigenvalue weighted by Gasteiger charge is 2.11. The summed E-state index contributed by atoms with van der Waals surface area (Å²) in [5, 5.41) is 25.7. The highest BCUT2D eigenvalue weighted by atomic mass is 127. The Bertz CT molecular complexity index is 767. The van der Waals surface area contributed by atoms with Gasteiger partial charge in [-0.05, 0) is 30.7 Å². The van der Waals surface area contributed by atoms with Crippen molar-refractivity contribution >= 4 is 53.1 Å². The predicted molar refractivity (Wildman–Crippen MR) is 122 cm³/mol. The Kier molecular flexibility index (Phi) is 11.1. The summed E-state index contributed by atoms with van der Waals surface area (Å²) in [6.07, 6.45) is -0.798. The number of aromatic nitrogens is 3. The van der Waals surface area contributed by atoms with E-state index in [0.29, 0.717) is 41.3 Å². The van der Waals surface area contributed by atoms with Gasteiger partial charge in [0.05, 0.1) is 12.7 Å². The number of ether oxygens (including phenoxy) is 1. The maximum absolute atomic E-state index is 10.4. The Morgan fingerprint density at radius 2 is 1.93 bits per heavy atom. The van der Waals surface area contributed by atoms with Gasteiger partial charge in [0, 0.05) is 37.3 Å². The first-order chi connectivity index (χ1) is 12.9. The van der Waals surface area contributed by atoms with Crippen molar-refractivity contribution < 1.29 is 9.84 Å². The Morgan fingerprint density at radius 1 is 1.25 bits per heavy atom. The summed E-state index contributed by atoms with van der Waals surface area (Å²) in [4.78, 5) is 4.49. The van der Waals surface area contributed by atoms with Crippen molar-refractivity contribution in [3.8, 4) is 0 Å². The molecule has 1 unspecified atom stereocenters. The first kappa shape index (κ1) is 24.9. The lowest BCUT2D eigenvalue weighted by atomic mass is 10.1. The number of aliphatic hydroxyl groups is 1. The highest BCUT2D eigenvalue weighted by Crippen LogP contribution is 2.23. The Labute approximate surface area is 191 Å². The standard InChI is InChI=1S/C17H24Cl2N6O2.HI/c1-11-23-24-16(25(11)2)10-22-17(20-4-5-27-3)21-9-15(26)12-6-13(18)8-14(19)7-12;/h6-8,15,26H,4-5,9-10H2,1-3H3,(H2,20,21,22);1H. The molecule has 1 heterocycles. The van der Waals surface area contributed by atoms with E-state index in [1.165, 1.54) is 0 Å². The molecule has 28 heavy (non-hydrogen) atoms. The average Bonchev–Trinajstić information content (AvgIpc) is 2.94. The molecule has 8 nitrogen and oxygen atoms in total. The number of nitrogens with one attached hydrogen (secondary N) is 2. The van der Waals surface area contributed by atoms with Crippen LogP contribution in [0.4, 0.5) is 0 Å². The average molecular weight is 543 g/mol. The number of hydrogen-bond acceptors (Lipinski definition) is 5. The lowest BCUT2D eigenvalue weighted by Gasteiger charge is -2.16. The lowest BCUT2D eigenvalue weighted by molar-refractivity contribution is 0.180. The number of nitrogens with zero attached hydrogens (tertiary/aromatic N) is 4. The summed E-state index contributed by atoms with van der Waals surface area (Å²) >= 11 is 12.0. The van der Waals surface area contributed by atoms with Crippen LogP contribution < -0.4 is 10.6 Å². The Balaban J connectivity index is 0.00000392. The van der Waals surface area contributed by atoms with Crippen LogP contribution in [0.25, 0.3) is 0 Å². The molecule has 0 aliphatic heterocycles. The molecule has 0 aliphatic carbocycles. The SMILES string of the molecule is COCCNC(=NCc1nnc(C)n1C)NCC(O)c1cc(Cl)cc(Cl)c1.I. The van der Waals surface area contributed by atoms with E-state index < -0.39 is 6.10 Å². The van der Waals surface area contributed by atoms with E-state index >= 15 is 0 Å². The summed E-state index contributed by atoms with van der Waals surface area (Å²) in [5.74, 6) is 2.08. The third kappa shape index (κ3) is 7.70. The van der Waals surface area contributed by atoms with Crippen LogP contribution in [0, 0.1) is 6.92 Å². The molecule has 2 aromatic rings. The molecule has 0 bridgehead atoms. The Hall–Kier alpha value is -1.14. The second-order valence-electron chi connectivity index (χ2n) is 5.91. The van der Waals surface area contributed by atoms with Crippen molar-refractivity contribution in [1.29, 1.82) is 0 Å². The van der Waals surface area contributed by atoms with E-state index in [2.05, 4.69) is 25.8 Å². The molecule has 0 aliphatic rings. The second kappa shape index (κ2) is 12.4.